The predicted molar refractivity (Wildman–Crippen MR) is 112 cm³/mol. The largest absolute Gasteiger partial charge is 0.479 e. The number of carbonyl (C=O) groups is 2. The SMILES string of the molecule is COC(=O)COc1c(Cl)cc(/C=C(\C#N)C(=O)Nc2cc(Cl)ccc2C)cc1Cl. The Morgan fingerprint density at radius 1 is 1.17 bits per heavy atom. The van der Waals surface area contributed by atoms with Crippen molar-refractivity contribution in [1.29, 1.82) is 5.26 Å². The summed E-state index contributed by atoms with van der Waals surface area (Å²) in [5.74, 6) is -1.12. The molecule has 0 heterocycles. The van der Waals surface area contributed by atoms with Gasteiger partial charge in [-0.3, -0.25) is 4.79 Å². The maximum atomic E-state index is 12.5. The number of nitriles is 1. The van der Waals surface area contributed by atoms with E-state index < -0.39 is 11.9 Å². The zero-order chi connectivity index (χ0) is 21.6. The first kappa shape index (κ1) is 22.6. The van der Waals surface area contributed by atoms with Crippen molar-refractivity contribution in [2.75, 3.05) is 19.0 Å². The average Bonchev–Trinajstić information content (AvgIpc) is 2.67. The summed E-state index contributed by atoms with van der Waals surface area (Å²) < 4.78 is 9.73. The fourth-order valence-corrected chi connectivity index (χ4v) is 3.01. The van der Waals surface area contributed by atoms with E-state index in [0.29, 0.717) is 16.3 Å². The van der Waals surface area contributed by atoms with E-state index in [1.165, 1.54) is 25.3 Å². The number of ether oxygens (including phenoxy) is 2. The molecule has 1 amide bonds. The van der Waals surface area contributed by atoms with Crippen molar-refractivity contribution in [2.45, 2.75) is 6.92 Å². The number of rotatable bonds is 6. The number of amides is 1. The maximum Gasteiger partial charge on any atom is 0.343 e. The highest BCUT2D eigenvalue weighted by molar-refractivity contribution is 6.37. The molecule has 0 saturated carbocycles. The molecule has 2 aromatic carbocycles. The van der Waals surface area contributed by atoms with Gasteiger partial charge in [-0.25, -0.2) is 4.79 Å². The molecule has 0 atom stereocenters. The lowest BCUT2D eigenvalue weighted by atomic mass is 10.1. The third kappa shape index (κ3) is 6.13. The Balaban J connectivity index is 2.26. The molecule has 0 aliphatic carbocycles. The van der Waals surface area contributed by atoms with Gasteiger partial charge in [-0.2, -0.15) is 5.26 Å². The molecule has 2 aromatic rings. The van der Waals surface area contributed by atoms with Crippen molar-refractivity contribution in [1.82, 2.24) is 0 Å². The van der Waals surface area contributed by atoms with Crippen molar-refractivity contribution in [2.24, 2.45) is 0 Å². The predicted octanol–water partition coefficient (Wildman–Crippen LogP) is 5.05. The molecule has 6 nitrogen and oxygen atoms in total. The first-order valence-electron chi connectivity index (χ1n) is 8.13. The fourth-order valence-electron chi connectivity index (χ4n) is 2.22. The van der Waals surface area contributed by atoms with Gasteiger partial charge in [-0.05, 0) is 48.4 Å². The topological polar surface area (TPSA) is 88.4 Å². The number of halogens is 3. The molecule has 0 aromatic heterocycles. The minimum atomic E-state index is -0.615. The quantitative estimate of drug-likeness (QED) is 0.375. The Kier molecular flexibility index (Phi) is 7.91. The summed E-state index contributed by atoms with van der Waals surface area (Å²) in [7, 11) is 1.22. The lowest BCUT2D eigenvalue weighted by molar-refractivity contribution is -0.142. The molecule has 0 saturated heterocycles. The molecular formula is C20H15Cl3N2O4. The van der Waals surface area contributed by atoms with Gasteiger partial charge in [0.05, 0.1) is 17.2 Å². The number of methoxy groups -OCH3 is 1. The Hall–Kier alpha value is -2.72. The molecule has 0 fully saturated rings. The molecule has 0 radical (unpaired) electrons. The smallest absolute Gasteiger partial charge is 0.343 e. The third-order valence-electron chi connectivity index (χ3n) is 3.71. The molecule has 9 heteroatoms. The molecule has 0 spiro atoms. The lowest BCUT2D eigenvalue weighted by Gasteiger charge is -2.10. The first-order chi connectivity index (χ1) is 13.7. The van der Waals surface area contributed by atoms with Crippen LogP contribution in [0.4, 0.5) is 5.69 Å². The van der Waals surface area contributed by atoms with Crippen LogP contribution in [0.1, 0.15) is 11.1 Å². The van der Waals surface area contributed by atoms with Gasteiger partial charge in [0.15, 0.2) is 12.4 Å². The van der Waals surface area contributed by atoms with Crippen LogP contribution in [0.5, 0.6) is 5.75 Å². The average molecular weight is 454 g/mol. The first-order valence-corrected chi connectivity index (χ1v) is 9.26. The van der Waals surface area contributed by atoms with Crippen LogP contribution < -0.4 is 10.1 Å². The highest BCUT2D eigenvalue weighted by Gasteiger charge is 2.15. The maximum absolute atomic E-state index is 12.5. The van der Waals surface area contributed by atoms with Gasteiger partial charge in [-0.1, -0.05) is 40.9 Å². The summed E-state index contributed by atoms with van der Waals surface area (Å²) in [5.41, 5.74) is 1.52. The number of nitrogens with one attached hydrogen (secondary N) is 1. The number of hydrogen-bond donors (Lipinski definition) is 1. The van der Waals surface area contributed by atoms with Crippen LogP contribution in [0.2, 0.25) is 15.1 Å². The van der Waals surface area contributed by atoms with Crippen LogP contribution in [0, 0.1) is 18.3 Å². The van der Waals surface area contributed by atoms with Crippen molar-refractivity contribution < 1.29 is 19.1 Å². The van der Waals surface area contributed by atoms with Crippen LogP contribution in [0.15, 0.2) is 35.9 Å². The van der Waals surface area contributed by atoms with Gasteiger partial charge in [0.1, 0.15) is 11.6 Å². The second kappa shape index (κ2) is 10.2. The van der Waals surface area contributed by atoms with Crippen LogP contribution in [-0.4, -0.2) is 25.6 Å². The Bertz CT molecular complexity index is 1010. The van der Waals surface area contributed by atoms with E-state index in [2.05, 4.69) is 10.1 Å². The fraction of sp³-hybridized carbons (Fsp3) is 0.150. The van der Waals surface area contributed by atoms with E-state index >= 15 is 0 Å². The van der Waals surface area contributed by atoms with Crippen molar-refractivity contribution >= 4 is 58.4 Å². The second-order valence-corrected chi connectivity index (χ2v) is 7.01. The second-order valence-electron chi connectivity index (χ2n) is 5.76. The summed E-state index contributed by atoms with van der Waals surface area (Å²) >= 11 is 18.2. The minimum Gasteiger partial charge on any atom is -0.479 e. The third-order valence-corrected chi connectivity index (χ3v) is 4.50. The summed E-state index contributed by atoms with van der Waals surface area (Å²) in [6.07, 6.45) is 1.33. The highest BCUT2D eigenvalue weighted by atomic mass is 35.5. The van der Waals surface area contributed by atoms with Crippen molar-refractivity contribution in [3.8, 4) is 11.8 Å². The number of aryl methyl sites for hydroxylation is 1. The van der Waals surface area contributed by atoms with Gasteiger partial charge in [-0.15, -0.1) is 0 Å². The minimum absolute atomic E-state index is 0.0911. The van der Waals surface area contributed by atoms with Crippen LogP contribution >= 0.6 is 34.8 Å². The normalized spacial score (nSPS) is 10.8. The van der Waals surface area contributed by atoms with Crippen LogP contribution in [0.25, 0.3) is 6.08 Å². The van der Waals surface area contributed by atoms with Crippen LogP contribution in [-0.2, 0) is 14.3 Å². The summed E-state index contributed by atoms with van der Waals surface area (Å²) in [6, 6.07) is 9.79. The van der Waals surface area contributed by atoms with Gasteiger partial charge in [0, 0.05) is 10.7 Å². The van der Waals surface area contributed by atoms with E-state index in [1.807, 2.05) is 6.07 Å². The van der Waals surface area contributed by atoms with Gasteiger partial charge in [0.25, 0.3) is 5.91 Å². The summed E-state index contributed by atoms with van der Waals surface area (Å²) in [6.45, 7) is 1.43. The number of anilines is 1. The zero-order valence-corrected chi connectivity index (χ0v) is 17.7. The summed E-state index contributed by atoms with van der Waals surface area (Å²) in [4.78, 5) is 23.7. The molecule has 2 rings (SSSR count). The molecule has 29 heavy (non-hydrogen) atoms. The molecule has 0 aliphatic heterocycles. The Labute approximate surface area is 182 Å². The van der Waals surface area contributed by atoms with Gasteiger partial charge < -0.3 is 14.8 Å². The van der Waals surface area contributed by atoms with Crippen molar-refractivity contribution in [3.05, 3.63) is 62.1 Å². The number of nitrogens with zero attached hydrogens (tertiary/aromatic N) is 1. The molecule has 0 unspecified atom stereocenters. The Morgan fingerprint density at radius 3 is 2.41 bits per heavy atom. The van der Waals surface area contributed by atoms with E-state index in [4.69, 9.17) is 39.5 Å². The lowest BCUT2D eigenvalue weighted by Crippen LogP contribution is -2.14. The van der Waals surface area contributed by atoms with Gasteiger partial charge >= 0.3 is 5.97 Å². The monoisotopic (exact) mass is 452 g/mol. The highest BCUT2D eigenvalue weighted by Crippen LogP contribution is 2.35. The number of hydrogen-bond acceptors (Lipinski definition) is 5. The molecule has 150 valence electrons. The van der Waals surface area contributed by atoms with Gasteiger partial charge in [0.2, 0.25) is 0 Å². The van der Waals surface area contributed by atoms with E-state index in [0.717, 1.165) is 5.56 Å². The van der Waals surface area contributed by atoms with Crippen molar-refractivity contribution in [3.63, 3.8) is 0 Å². The molecule has 1 N–H and O–H groups in total. The van der Waals surface area contributed by atoms with E-state index in [1.54, 1.807) is 25.1 Å². The number of esters is 1. The Morgan fingerprint density at radius 2 is 1.83 bits per heavy atom. The standard InChI is InChI=1S/C20H15Cl3N2O4/c1-11-3-4-14(21)8-17(11)25-20(27)13(9-24)5-12-6-15(22)19(16(23)7-12)29-10-18(26)28-2/h3-8H,10H2,1-2H3,(H,25,27)/b13-5+. The molecule has 0 bridgehead atoms. The van der Waals surface area contributed by atoms with Crippen LogP contribution in [0.3, 0.4) is 0 Å². The summed E-state index contributed by atoms with van der Waals surface area (Å²) in [5, 5.41) is 12.7. The zero-order valence-electron chi connectivity index (χ0n) is 15.4. The molecule has 0 aliphatic rings. The van der Waals surface area contributed by atoms with E-state index in [-0.39, 0.29) is 28.0 Å². The molecular weight excluding hydrogens is 439 g/mol. The van der Waals surface area contributed by atoms with E-state index in [9.17, 15) is 14.9 Å². The number of benzene rings is 2. The number of carbonyl (C=O) groups excluding carboxylic acids is 2.